The van der Waals surface area contributed by atoms with E-state index in [0.29, 0.717) is 13.3 Å². The van der Waals surface area contributed by atoms with Crippen LogP contribution in [0.1, 0.15) is 26.3 Å². The van der Waals surface area contributed by atoms with Crippen molar-refractivity contribution in [1.29, 1.82) is 0 Å². The number of benzene rings is 1. The number of fused-ring (bicyclic) bond motifs is 1. The van der Waals surface area contributed by atoms with E-state index in [1.54, 1.807) is 0 Å². The molecule has 2 rings (SSSR count). The van der Waals surface area contributed by atoms with Gasteiger partial charge in [0.2, 0.25) is 6.79 Å². The standard InChI is InChI=1S/C15H24N2O2/c1-4-17(5-2)15(3,10-16)9-12-6-7-13-14(8-12)19-11-18-13/h6-8H,4-5,9-11,16H2,1-3H3. The van der Waals surface area contributed by atoms with Gasteiger partial charge in [0.1, 0.15) is 0 Å². The Bertz CT molecular complexity index is 432. The summed E-state index contributed by atoms with van der Waals surface area (Å²) in [5.74, 6) is 1.68. The molecule has 4 nitrogen and oxygen atoms in total. The predicted molar refractivity (Wildman–Crippen MR) is 76.6 cm³/mol. The van der Waals surface area contributed by atoms with Crippen LogP contribution in [0.5, 0.6) is 11.5 Å². The first kappa shape index (κ1) is 14.2. The molecule has 1 aromatic carbocycles. The van der Waals surface area contributed by atoms with E-state index < -0.39 is 0 Å². The Kier molecular flexibility index (Phi) is 4.32. The number of ether oxygens (including phenoxy) is 2. The first-order valence-corrected chi connectivity index (χ1v) is 6.96. The quantitative estimate of drug-likeness (QED) is 0.854. The van der Waals surface area contributed by atoms with E-state index in [0.717, 1.165) is 31.0 Å². The van der Waals surface area contributed by atoms with Gasteiger partial charge in [-0.25, -0.2) is 0 Å². The van der Waals surface area contributed by atoms with Crippen LogP contribution in [-0.2, 0) is 6.42 Å². The second-order valence-electron chi connectivity index (χ2n) is 5.24. The molecule has 0 bridgehead atoms. The molecule has 19 heavy (non-hydrogen) atoms. The van der Waals surface area contributed by atoms with Crippen molar-refractivity contribution in [1.82, 2.24) is 4.90 Å². The lowest BCUT2D eigenvalue weighted by Gasteiger charge is -2.39. The maximum atomic E-state index is 6.02. The summed E-state index contributed by atoms with van der Waals surface area (Å²) in [6, 6.07) is 6.15. The van der Waals surface area contributed by atoms with Gasteiger partial charge in [0.05, 0.1) is 0 Å². The summed E-state index contributed by atoms with van der Waals surface area (Å²) >= 11 is 0. The van der Waals surface area contributed by atoms with Gasteiger partial charge in [0.15, 0.2) is 11.5 Å². The number of rotatable bonds is 6. The van der Waals surface area contributed by atoms with Gasteiger partial charge < -0.3 is 15.2 Å². The molecular formula is C15H24N2O2. The smallest absolute Gasteiger partial charge is 0.231 e. The van der Waals surface area contributed by atoms with Crippen molar-refractivity contribution in [2.24, 2.45) is 5.73 Å². The fraction of sp³-hybridized carbons (Fsp3) is 0.600. The third kappa shape index (κ3) is 2.85. The largest absolute Gasteiger partial charge is 0.454 e. The van der Waals surface area contributed by atoms with Gasteiger partial charge in [0, 0.05) is 12.1 Å². The van der Waals surface area contributed by atoms with Crippen LogP contribution in [0, 0.1) is 0 Å². The molecule has 0 aromatic heterocycles. The molecule has 0 fully saturated rings. The summed E-state index contributed by atoms with van der Waals surface area (Å²) in [5, 5.41) is 0. The van der Waals surface area contributed by atoms with Crippen molar-refractivity contribution in [3.05, 3.63) is 23.8 Å². The average molecular weight is 264 g/mol. The molecule has 0 saturated carbocycles. The number of nitrogens with two attached hydrogens (primary N) is 1. The third-order valence-corrected chi connectivity index (χ3v) is 3.99. The van der Waals surface area contributed by atoms with E-state index in [1.807, 2.05) is 6.07 Å². The van der Waals surface area contributed by atoms with Gasteiger partial charge in [-0.05, 0) is 44.1 Å². The third-order valence-electron chi connectivity index (χ3n) is 3.99. The lowest BCUT2D eigenvalue weighted by Crippen LogP contribution is -2.53. The molecule has 1 aliphatic heterocycles. The Balaban J connectivity index is 2.18. The highest BCUT2D eigenvalue weighted by atomic mass is 16.7. The Morgan fingerprint density at radius 1 is 1.21 bits per heavy atom. The van der Waals surface area contributed by atoms with Crippen molar-refractivity contribution in [3.8, 4) is 11.5 Å². The van der Waals surface area contributed by atoms with Crippen LogP contribution >= 0.6 is 0 Å². The van der Waals surface area contributed by atoms with Crippen molar-refractivity contribution in [2.45, 2.75) is 32.7 Å². The zero-order chi connectivity index (χ0) is 13.9. The van der Waals surface area contributed by atoms with Crippen LogP contribution in [0.3, 0.4) is 0 Å². The van der Waals surface area contributed by atoms with Gasteiger partial charge in [-0.1, -0.05) is 19.9 Å². The van der Waals surface area contributed by atoms with Gasteiger partial charge >= 0.3 is 0 Å². The molecule has 1 atom stereocenters. The molecule has 1 aromatic rings. The van der Waals surface area contributed by atoms with Gasteiger partial charge in [0.25, 0.3) is 0 Å². The molecule has 0 amide bonds. The van der Waals surface area contributed by atoms with Crippen LogP contribution in [-0.4, -0.2) is 36.9 Å². The zero-order valence-electron chi connectivity index (χ0n) is 12.1. The number of hydrogen-bond donors (Lipinski definition) is 1. The summed E-state index contributed by atoms with van der Waals surface area (Å²) in [6.45, 7) is 9.56. The monoisotopic (exact) mass is 264 g/mol. The minimum absolute atomic E-state index is 0.0167. The molecule has 1 heterocycles. The van der Waals surface area contributed by atoms with E-state index >= 15 is 0 Å². The Morgan fingerprint density at radius 2 is 1.89 bits per heavy atom. The number of nitrogens with zero attached hydrogens (tertiary/aromatic N) is 1. The summed E-state index contributed by atoms with van der Waals surface area (Å²) < 4.78 is 10.8. The van der Waals surface area contributed by atoms with E-state index in [2.05, 4.69) is 37.8 Å². The lowest BCUT2D eigenvalue weighted by molar-refractivity contribution is 0.124. The molecule has 2 N–H and O–H groups in total. The Morgan fingerprint density at radius 3 is 2.53 bits per heavy atom. The molecule has 4 heteroatoms. The summed E-state index contributed by atoms with van der Waals surface area (Å²) in [4.78, 5) is 2.41. The van der Waals surface area contributed by atoms with Gasteiger partial charge in [-0.2, -0.15) is 0 Å². The second-order valence-corrected chi connectivity index (χ2v) is 5.24. The molecule has 0 saturated heterocycles. The summed E-state index contributed by atoms with van der Waals surface area (Å²) in [5.41, 5.74) is 7.25. The predicted octanol–water partition coefficient (Wildman–Crippen LogP) is 2.02. The van der Waals surface area contributed by atoms with Crippen molar-refractivity contribution < 1.29 is 9.47 Å². The lowest BCUT2D eigenvalue weighted by atomic mass is 9.90. The molecule has 1 unspecified atom stereocenters. The van der Waals surface area contributed by atoms with Crippen molar-refractivity contribution in [2.75, 3.05) is 26.4 Å². The highest BCUT2D eigenvalue weighted by molar-refractivity contribution is 5.44. The number of hydrogen-bond acceptors (Lipinski definition) is 4. The topological polar surface area (TPSA) is 47.7 Å². The highest BCUT2D eigenvalue weighted by Gasteiger charge is 2.29. The summed E-state index contributed by atoms with van der Waals surface area (Å²) in [6.07, 6.45) is 0.918. The fourth-order valence-corrected chi connectivity index (χ4v) is 2.79. The SMILES string of the molecule is CCN(CC)C(C)(CN)Cc1ccc2c(c1)OCO2. The number of likely N-dealkylation sites (N-methyl/N-ethyl adjacent to an activating group) is 1. The molecule has 1 aliphatic rings. The Labute approximate surface area is 115 Å². The van der Waals surface area contributed by atoms with Crippen LogP contribution in [0.4, 0.5) is 0 Å². The average Bonchev–Trinajstić information content (AvgIpc) is 2.87. The maximum Gasteiger partial charge on any atom is 0.231 e. The van der Waals surface area contributed by atoms with Gasteiger partial charge in [-0.15, -0.1) is 0 Å². The first-order valence-electron chi connectivity index (χ1n) is 6.96. The molecule has 106 valence electrons. The molecule has 0 aliphatic carbocycles. The van der Waals surface area contributed by atoms with Crippen LogP contribution in [0.25, 0.3) is 0 Å². The second kappa shape index (κ2) is 5.80. The van der Waals surface area contributed by atoms with Crippen LogP contribution in [0.2, 0.25) is 0 Å². The van der Waals surface area contributed by atoms with Crippen LogP contribution < -0.4 is 15.2 Å². The maximum absolute atomic E-state index is 6.02. The Hall–Kier alpha value is -1.26. The minimum atomic E-state index is -0.0167. The molecular weight excluding hydrogens is 240 g/mol. The van der Waals surface area contributed by atoms with Crippen molar-refractivity contribution in [3.63, 3.8) is 0 Å². The van der Waals surface area contributed by atoms with Gasteiger partial charge in [-0.3, -0.25) is 4.90 Å². The zero-order valence-corrected chi connectivity index (χ0v) is 12.1. The van der Waals surface area contributed by atoms with E-state index in [-0.39, 0.29) is 5.54 Å². The van der Waals surface area contributed by atoms with E-state index in [1.165, 1.54) is 5.56 Å². The van der Waals surface area contributed by atoms with Crippen LogP contribution in [0.15, 0.2) is 18.2 Å². The fourth-order valence-electron chi connectivity index (χ4n) is 2.79. The van der Waals surface area contributed by atoms with Crippen molar-refractivity contribution >= 4 is 0 Å². The van der Waals surface area contributed by atoms with E-state index in [4.69, 9.17) is 15.2 Å². The highest BCUT2D eigenvalue weighted by Crippen LogP contribution is 2.33. The minimum Gasteiger partial charge on any atom is -0.454 e. The summed E-state index contributed by atoms with van der Waals surface area (Å²) in [7, 11) is 0. The first-order chi connectivity index (χ1) is 9.12. The normalized spacial score (nSPS) is 16.7. The van der Waals surface area contributed by atoms with E-state index in [9.17, 15) is 0 Å². The molecule has 0 radical (unpaired) electrons. The molecule has 0 spiro atoms.